The molecule has 1 aromatic rings. The molecular formula is C17H29N3O. The van der Waals surface area contributed by atoms with E-state index in [0.29, 0.717) is 6.61 Å². The third-order valence-electron chi connectivity index (χ3n) is 3.31. The molecule has 0 atom stereocenters. The van der Waals surface area contributed by atoms with Crippen LogP contribution in [0.5, 0.6) is 0 Å². The Balaban J connectivity index is 2.32. The first-order valence-electron chi connectivity index (χ1n) is 7.81. The zero-order chi connectivity index (χ0) is 15.3. The van der Waals surface area contributed by atoms with Crippen LogP contribution in [0.2, 0.25) is 0 Å². The van der Waals surface area contributed by atoms with Crippen molar-refractivity contribution < 1.29 is 4.74 Å². The molecular weight excluding hydrogens is 262 g/mol. The first kappa shape index (κ1) is 17.5. The molecule has 1 rings (SSSR count). The highest BCUT2D eigenvalue weighted by atomic mass is 16.5. The van der Waals surface area contributed by atoms with Crippen molar-refractivity contribution in [3.05, 3.63) is 35.4 Å². The van der Waals surface area contributed by atoms with Crippen molar-refractivity contribution in [3.8, 4) is 0 Å². The van der Waals surface area contributed by atoms with Gasteiger partial charge in [0.25, 0.3) is 0 Å². The minimum Gasteiger partial charge on any atom is -0.380 e. The quantitative estimate of drug-likeness (QED) is 0.417. The Morgan fingerprint density at radius 2 is 1.95 bits per heavy atom. The minimum atomic E-state index is 0.651. The molecule has 118 valence electrons. The van der Waals surface area contributed by atoms with Gasteiger partial charge < -0.3 is 15.4 Å². The second-order valence-corrected chi connectivity index (χ2v) is 5.17. The monoisotopic (exact) mass is 291 g/mol. The van der Waals surface area contributed by atoms with Crippen LogP contribution in [-0.2, 0) is 17.9 Å². The highest BCUT2D eigenvalue weighted by Gasteiger charge is 1.99. The summed E-state index contributed by atoms with van der Waals surface area (Å²) in [7, 11) is 3.53. The molecule has 0 fully saturated rings. The van der Waals surface area contributed by atoms with Gasteiger partial charge in [-0.2, -0.15) is 0 Å². The maximum atomic E-state index is 5.16. The first-order chi connectivity index (χ1) is 10.3. The zero-order valence-electron chi connectivity index (χ0n) is 13.6. The Kier molecular flexibility index (Phi) is 9.29. The number of nitrogens with one attached hydrogen (secondary N) is 2. The molecule has 2 N–H and O–H groups in total. The van der Waals surface area contributed by atoms with Gasteiger partial charge in [0.2, 0.25) is 0 Å². The summed E-state index contributed by atoms with van der Waals surface area (Å²) in [5, 5.41) is 6.70. The van der Waals surface area contributed by atoms with E-state index in [1.807, 2.05) is 7.05 Å². The molecule has 0 saturated carbocycles. The molecule has 0 aliphatic heterocycles. The number of guanidine groups is 1. The lowest BCUT2D eigenvalue weighted by molar-refractivity contribution is 0.185. The van der Waals surface area contributed by atoms with Crippen molar-refractivity contribution in [1.29, 1.82) is 0 Å². The van der Waals surface area contributed by atoms with Crippen molar-refractivity contribution in [2.75, 3.05) is 20.7 Å². The molecule has 4 heteroatoms. The van der Waals surface area contributed by atoms with Crippen molar-refractivity contribution >= 4 is 5.96 Å². The maximum absolute atomic E-state index is 5.16. The van der Waals surface area contributed by atoms with E-state index in [1.165, 1.54) is 36.8 Å². The van der Waals surface area contributed by atoms with Gasteiger partial charge in [-0.25, -0.2) is 0 Å². The fraction of sp³-hybridized carbons (Fsp3) is 0.588. The summed E-state index contributed by atoms with van der Waals surface area (Å²) in [4.78, 5) is 4.25. The molecule has 0 heterocycles. The minimum absolute atomic E-state index is 0.651. The summed E-state index contributed by atoms with van der Waals surface area (Å²) in [6, 6.07) is 8.41. The van der Waals surface area contributed by atoms with E-state index >= 15 is 0 Å². The molecule has 0 spiro atoms. The largest absolute Gasteiger partial charge is 0.380 e. The molecule has 0 saturated heterocycles. The second kappa shape index (κ2) is 11.1. The average molecular weight is 291 g/mol. The fourth-order valence-corrected chi connectivity index (χ4v) is 2.16. The molecule has 21 heavy (non-hydrogen) atoms. The topological polar surface area (TPSA) is 45.7 Å². The summed E-state index contributed by atoms with van der Waals surface area (Å²) < 4.78 is 5.16. The van der Waals surface area contributed by atoms with Crippen molar-refractivity contribution in [2.45, 2.75) is 45.8 Å². The van der Waals surface area contributed by atoms with Gasteiger partial charge in [-0.1, -0.05) is 50.5 Å². The zero-order valence-corrected chi connectivity index (χ0v) is 13.6. The lowest BCUT2D eigenvalue weighted by Gasteiger charge is -2.12. The maximum Gasteiger partial charge on any atom is 0.191 e. The van der Waals surface area contributed by atoms with E-state index < -0.39 is 0 Å². The molecule has 0 unspecified atom stereocenters. The number of unbranched alkanes of at least 4 members (excludes halogenated alkanes) is 3. The van der Waals surface area contributed by atoms with E-state index in [0.717, 1.165) is 19.0 Å². The Morgan fingerprint density at radius 1 is 1.14 bits per heavy atom. The standard InChI is InChI=1S/C17H29N3O/c1-4-5-6-7-11-19-17(18-2)20-13-15-9-8-10-16(12-15)14-21-3/h8-10,12H,4-7,11,13-14H2,1-3H3,(H2,18,19,20). The van der Waals surface area contributed by atoms with Gasteiger partial charge in [-0.15, -0.1) is 0 Å². The number of aliphatic imine (C=N–C) groups is 1. The van der Waals surface area contributed by atoms with Crippen LogP contribution >= 0.6 is 0 Å². The van der Waals surface area contributed by atoms with Crippen LogP contribution in [0.4, 0.5) is 0 Å². The molecule has 0 amide bonds. The Hall–Kier alpha value is -1.55. The Morgan fingerprint density at radius 3 is 2.67 bits per heavy atom. The smallest absolute Gasteiger partial charge is 0.191 e. The van der Waals surface area contributed by atoms with Gasteiger partial charge >= 0.3 is 0 Å². The van der Waals surface area contributed by atoms with Crippen LogP contribution in [0.1, 0.15) is 43.7 Å². The van der Waals surface area contributed by atoms with Gasteiger partial charge in [-0.3, -0.25) is 4.99 Å². The lowest BCUT2D eigenvalue weighted by atomic mass is 10.1. The summed E-state index contributed by atoms with van der Waals surface area (Å²) >= 11 is 0. The van der Waals surface area contributed by atoms with E-state index in [-0.39, 0.29) is 0 Å². The predicted octanol–water partition coefficient (Wildman–Crippen LogP) is 3.08. The van der Waals surface area contributed by atoms with Crippen LogP contribution in [0, 0.1) is 0 Å². The lowest BCUT2D eigenvalue weighted by Crippen LogP contribution is -2.37. The van der Waals surface area contributed by atoms with E-state index in [9.17, 15) is 0 Å². The summed E-state index contributed by atoms with van der Waals surface area (Å²) in [5.74, 6) is 0.864. The van der Waals surface area contributed by atoms with Gasteiger partial charge in [0.15, 0.2) is 5.96 Å². The van der Waals surface area contributed by atoms with Crippen LogP contribution in [0.15, 0.2) is 29.3 Å². The van der Waals surface area contributed by atoms with Gasteiger partial charge in [-0.05, 0) is 17.5 Å². The molecule has 0 aliphatic carbocycles. The summed E-state index contributed by atoms with van der Waals surface area (Å²) in [6.07, 6.45) is 5.04. The van der Waals surface area contributed by atoms with Crippen molar-refractivity contribution in [1.82, 2.24) is 10.6 Å². The van der Waals surface area contributed by atoms with E-state index in [2.05, 4.69) is 46.8 Å². The Labute approximate surface area is 129 Å². The second-order valence-electron chi connectivity index (χ2n) is 5.17. The fourth-order valence-electron chi connectivity index (χ4n) is 2.16. The van der Waals surface area contributed by atoms with Crippen LogP contribution < -0.4 is 10.6 Å². The predicted molar refractivity (Wildman–Crippen MR) is 89.5 cm³/mol. The van der Waals surface area contributed by atoms with Crippen LogP contribution in [0.3, 0.4) is 0 Å². The van der Waals surface area contributed by atoms with Gasteiger partial charge in [0.05, 0.1) is 6.61 Å². The van der Waals surface area contributed by atoms with Gasteiger partial charge in [0, 0.05) is 27.2 Å². The number of methoxy groups -OCH3 is 1. The van der Waals surface area contributed by atoms with Gasteiger partial charge in [0.1, 0.15) is 0 Å². The molecule has 0 aliphatic rings. The Bertz CT molecular complexity index is 418. The average Bonchev–Trinajstić information content (AvgIpc) is 2.51. The highest BCUT2D eigenvalue weighted by Crippen LogP contribution is 2.06. The SMILES string of the molecule is CCCCCCNC(=NC)NCc1cccc(COC)c1. The molecule has 4 nitrogen and oxygen atoms in total. The van der Waals surface area contributed by atoms with Crippen LogP contribution in [-0.4, -0.2) is 26.7 Å². The number of nitrogens with zero attached hydrogens (tertiary/aromatic N) is 1. The molecule has 0 bridgehead atoms. The normalized spacial score (nSPS) is 11.5. The van der Waals surface area contributed by atoms with Crippen molar-refractivity contribution in [3.63, 3.8) is 0 Å². The van der Waals surface area contributed by atoms with Crippen LogP contribution in [0.25, 0.3) is 0 Å². The number of rotatable bonds is 9. The number of ether oxygens (including phenoxy) is 1. The first-order valence-corrected chi connectivity index (χ1v) is 7.81. The number of benzene rings is 1. The molecule has 1 aromatic carbocycles. The summed E-state index contributed by atoms with van der Waals surface area (Å²) in [6.45, 7) is 4.62. The summed E-state index contributed by atoms with van der Waals surface area (Å²) in [5.41, 5.74) is 2.43. The number of hydrogen-bond acceptors (Lipinski definition) is 2. The van der Waals surface area contributed by atoms with E-state index in [1.54, 1.807) is 7.11 Å². The third kappa shape index (κ3) is 7.71. The highest BCUT2D eigenvalue weighted by molar-refractivity contribution is 5.79. The molecule has 0 radical (unpaired) electrons. The third-order valence-corrected chi connectivity index (χ3v) is 3.31. The molecule has 0 aromatic heterocycles. The number of hydrogen-bond donors (Lipinski definition) is 2. The van der Waals surface area contributed by atoms with Crippen molar-refractivity contribution in [2.24, 2.45) is 4.99 Å². The van der Waals surface area contributed by atoms with E-state index in [4.69, 9.17) is 4.74 Å².